The van der Waals surface area contributed by atoms with E-state index < -0.39 is 0 Å². The Morgan fingerprint density at radius 1 is 1.44 bits per heavy atom. The standard InChI is InChI=1S/C15H20N2O/c1-5-10(2)11(3)17-15-8-13(12(4)18)6-7-14(15)9-16/h6-8,10-11,17H,5H2,1-4H3. The van der Waals surface area contributed by atoms with Crippen LogP contribution in [0.3, 0.4) is 0 Å². The molecule has 0 aliphatic heterocycles. The summed E-state index contributed by atoms with van der Waals surface area (Å²) in [5.41, 5.74) is 1.96. The second-order valence-corrected chi connectivity index (χ2v) is 4.75. The van der Waals surface area contributed by atoms with Gasteiger partial charge < -0.3 is 5.32 Å². The third-order valence-electron chi connectivity index (χ3n) is 3.43. The van der Waals surface area contributed by atoms with Crippen LogP contribution >= 0.6 is 0 Å². The zero-order valence-electron chi connectivity index (χ0n) is 11.4. The second kappa shape index (κ2) is 6.20. The van der Waals surface area contributed by atoms with E-state index in [-0.39, 0.29) is 11.8 Å². The maximum Gasteiger partial charge on any atom is 0.159 e. The van der Waals surface area contributed by atoms with Gasteiger partial charge in [-0.3, -0.25) is 4.79 Å². The lowest BCUT2D eigenvalue weighted by atomic mass is 9.99. The molecule has 3 heteroatoms. The van der Waals surface area contributed by atoms with E-state index in [2.05, 4.69) is 32.2 Å². The zero-order valence-corrected chi connectivity index (χ0v) is 11.4. The summed E-state index contributed by atoms with van der Waals surface area (Å²) in [6, 6.07) is 7.57. The van der Waals surface area contributed by atoms with Crippen molar-refractivity contribution in [3.8, 4) is 6.07 Å². The van der Waals surface area contributed by atoms with Gasteiger partial charge in [-0.25, -0.2) is 0 Å². The molecule has 0 radical (unpaired) electrons. The SMILES string of the molecule is CCC(C)C(C)Nc1cc(C(C)=O)ccc1C#N. The molecule has 1 aromatic rings. The fourth-order valence-corrected chi connectivity index (χ4v) is 1.72. The van der Waals surface area contributed by atoms with E-state index in [1.54, 1.807) is 18.2 Å². The predicted octanol–water partition coefficient (Wildman–Crippen LogP) is 3.61. The van der Waals surface area contributed by atoms with Gasteiger partial charge in [-0.1, -0.05) is 20.3 Å². The monoisotopic (exact) mass is 244 g/mol. The van der Waals surface area contributed by atoms with Gasteiger partial charge in [0.1, 0.15) is 6.07 Å². The smallest absolute Gasteiger partial charge is 0.159 e. The lowest BCUT2D eigenvalue weighted by Gasteiger charge is -2.22. The molecule has 2 atom stereocenters. The van der Waals surface area contributed by atoms with E-state index in [9.17, 15) is 4.79 Å². The molecule has 18 heavy (non-hydrogen) atoms. The average molecular weight is 244 g/mol. The maximum atomic E-state index is 11.4. The number of carbonyl (C=O) groups is 1. The van der Waals surface area contributed by atoms with Crippen LogP contribution in [-0.2, 0) is 0 Å². The number of rotatable bonds is 5. The van der Waals surface area contributed by atoms with Crippen LogP contribution in [0.15, 0.2) is 18.2 Å². The first-order chi connectivity index (χ1) is 8.49. The molecule has 1 N–H and O–H groups in total. The van der Waals surface area contributed by atoms with Crippen molar-refractivity contribution in [2.75, 3.05) is 5.32 Å². The number of carbonyl (C=O) groups excluding carboxylic acids is 1. The van der Waals surface area contributed by atoms with E-state index in [0.29, 0.717) is 17.0 Å². The minimum absolute atomic E-state index is 0.0127. The third-order valence-corrected chi connectivity index (χ3v) is 3.43. The Morgan fingerprint density at radius 3 is 2.61 bits per heavy atom. The molecule has 0 bridgehead atoms. The van der Waals surface area contributed by atoms with Crippen LogP contribution in [0.4, 0.5) is 5.69 Å². The second-order valence-electron chi connectivity index (χ2n) is 4.75. The number of ketones is 1. The molecular formula is C15H20N2O. The maximum absolute atomic E-state index is 11.4. The molecule has 96 valence electrons. The molecule has 0 fully saturated rings. The summed E-state index contributed by atoms with van der Waals surface area (Å²) < 4.78 is 0. The summed E-state index contributed by atoms with van der Waals surface area (Å²) in [7, 11) is 0. The summed E-state index contributed by atoms with van der Waals surface area (Å²) in [5, 5.41) is 12.4. The highest BCUT2D eigenvalue weighted by atomic mass is 16.1. The van der Waals surface area contributed by atoms with E-state index >= 15 is 0 Å². The molecule has 0 aliphatic carbocycles. The van der Waals surface area contributed by atoms with Gasteiger partial charge >= 0.3 is 0 Å². The predicted molar refractivity (Wildman–Crippen MR) is 73.7 cm³/mol. The van der Waals surface area contributed by atoms with E-state index in [1.165, 1.54) is 6.92 Å². The van der Waals surface area contributed by atoms with Gasteiger partial charge in [0.25, 0.3) is 0 Å². The van der Waals surface area contributed by atoms with Crippen LogP contribution in [0, 0.1) is 17.2 Å². The highest BCUT2D eigenvalue weighted by Crippen LogP contribution is 2.21. The van der Waals surface area contributed by atoms with Crippen LogP contribution in [0.5, 0.6) is 0 Å². The van der Waals surface area contributed by atoms with Gasteiger partial charge in [-0.05, 0) is 38.0 Å². The van der Waals surface area contributed by atoms with Crippen molar-refractivity contribution in [3.05, 3.63) is 29.3 Å². The van der Waals surface area contributed by atoms with Crippen molar-refractivity contribution in [3.63, 3.8) is 0 Å². The van der Waals surface area contributed by atoms with E-state index in [4.69, 9.17) is 5.26 Å². The Balaban J connectivity index is 3.02. The minimum Gasteiger partial charge on any atom is -0.381 e. The van der Waals surface area contributed by atoms with Crippen molar-refractivity contribution in [1.29, 1.82) is 5.26 Å². The summed E-state index contributed by atoms with van der Waals surface area (Å²) in [6.45, 7) is 7.93. The number of hydrogen-bond donors (Lipinski definition) is 1. The topological polar surface area (TPSA) is 52.9 Å². The van der Waals surface area contributed by atoms with Crippen molar-refractivity contribution >= 4 is 11.5 Å². The molecule has 0 saturated heterocycles. The lowest BCUT2D eigenvalue weighted by Crippen LogP contribution is -2.23. The first kappa shape index (κ1) is 14.2. The number of benzene rings is 1. The molecular weight excluding hydrogens is 224 g/mol. The van der Waals surface area contributed by atoms with Gasteiger partial charge in [0.15, 0.2) is 5.78 Å². The number of anilines is 1. The molecule has 2 unspecified atom stereocenters. The Kier molecular flexibility index (Phi) is 4.91. The Labute approximate surface area is 109 Å². The number of nitrogens with one attached hydrogen (secondary N) is 1. The normalized spacial score (nSPS) is 13.5. The number of nitrogens with zero attached hydrogens (tertiary/aromatic N) is 1. The van der Waals surface area contributed by atoms with Crippen LogP contribution in [0.1, 0.15) is 50.0 Å². The van der Waals surface area contributed by atoms with Crippen molar-refractivity contribution in [2.24, 2.45) is 5.92 Å². The molecule has 0 aromatic heterocycles. The summed E-state index contributed by atoms with van der Waals surface area (Å²) in [5.74, 6) is 0.524. The summed E-state index contributed by atoms with van der Waals surface area (Å²) >= 11 is 0. The third kappa shape index (κ3) is 3.33. The van der Waals surface area contributed by atoms with Gasteiger partial charge in [0.2, 0.25) is 0 Å². The van der Waals surface area contributed by atoms with Crippen molar-refractivity contribution in [1.82, 2.24) is 0 Å². The number of Topliss-reactive ketones (excluding diaryl/α,β-unsaturated/α-hetero) is 1. The molecule has 1 rings (SSSR count). The highest BCUT2D eigenvalue weighted by Gasteiger charge is 2.13. The largest absolute Gasteiger partial charge is 0.381 e. The fraction of sp³-hybridized carbons (Fsp3) is 0.467. The van der Waals surface area contributed by atoms with Crippen LogP contribution in [0.25, 0.3) is 0 Å². The van der Waals surface area contributed by atoms with E-state index in [1.807, 2.05) is 0 Å². The van der Waals surface area contributed by atoms with Crippen LogP contribution in [-0.4, -0.2) is 11.8 Å². The van der Waals surface area contributed by atoms with Crippen LogP contribution < -0.4 is 5.32 Å². The Morgan fingerprint density at radius 2 is 2.11 bits per heavy atom. The number of hydrogen-bond acceptors (Lipinski definition) is 3. The van der Waals surface area contributed by atoms with Gasteiger partial charge in [0.05, 0.1) is 11.3 Å². The molecule has 1 aromatic carbocycles. The quantitative estimate of drug-likeness (QED) is 0.805. The Bertz CT molecular complexity index is 474. The van der Waals surface area contributed by atoms with Gasteiger partial charge in [-0.2, -0.15) is 5.26 Å². The first-order valence-corrected chi connectivity index (χ1v) is 6.31. The molecule has 0 aliphatic rings. The Hall–Kier alpha value is -1.82. The summed E-state index contributed by atoms with van der Waals surface area (Å²) in [4.78, 5) is 11.4. The van der Waals surface area contributed by atoms with Gasteiger partial charge in [-0.15, -0.1) is 0 Å². The molecule has 0 saturated carbocycles. The lowest BCUT2D eigenvalue weighted by molar-refractivity contribution is 0.101. The molecule has 0 heterocycles. The van der Waals surface area contributed by atoms with Crippen molar-refractivity contribution in [2.45, 2.75) is 40.2 Å². The molecule has 3 nitrogen and oxygen atoms in total. The zero-order chi connectivity index (χ0) is 13.7. The highest BCUT2D eigenvalue weighted by molar-refractivity contribution is 5.95. The molecule has 0 spiro atoms. The van der Waals surface area contributed by atoms with E-state index in [0.717, 1.165) is 12.1 Å². The van der Waals surface area contributed by atoms with Crippen molar-refractivity contribution < 1.29 is 4.79 Å². The minimum atomic E-state index is 0.0127. The van der Waals surface area contributed by atoms with Gasteiger partial charge in [0, 0.05) is 11.6 Å². The summed E-state index contributed by atoms with van der Waals surface area (Å²) in [6.07, 6.45) is 1.07. The average Bonchev–Trinajstić information content (AvgIpc) is 2.37. The van der Waals surface area contributed by atoms with Crippen LogP contribution in [0.2, 0.25) is 0 Å². The number of nitriles is 1. The molecule has 0 amide bonds. The first-order valence-electron chi connectivity index (χ1n) is 6.31. The fourth-order valence-electron chi connectivity index (χ4n) is 1.72.